The van der Waals surface area contributed by atoms with Gasteiger partial charge in [0.05, 0.1) is 5.75 Å². The molecule has 0 fully saturated rings. The van der Waals surface area contributed by atoms with Crippen molar-refractivity contribution >= 4 is 45.7 Å². The Morgan fingerprint density at radius 3 is 2.29 bits per heavy atom. The molecule has 154 valence electrons. The van der Waals surface area contributed by atoms with Gasteiger partial charge in [-0.1, -0.05) is 54.1 Å². The lowest BCUT2D eigenvalue weighted by atomic mass is 10.1. The molecule has 0 unspecified atom stereocenters. The van der Waals surface area contributed by atoms with Gasteiger partial charge in [-0.2, -0.15) is 0 Å². The van der Waals surface area contributed by atoms with Crippen LogP contribution in [0.2, 0.25) is 0 Å². The maximum absolute atomic E-state index is 12.4. The van der Waals surface area contributed by atoms with Gasteiger partial charge in [0.15, 0.2) is 0 Å². The molecule has 0 saturated carbocycles. The van der Waals surface area contributed by atoms with E-state index in [0.717, 1.165) is 26.9 Å². The van der Waals surface area contributed by atoms with Gasteiger partial charge in [-0.05, 0) is 60.2 Å². The Hall–Kier alpha value is -3.57. The minimum absolute atomic E-state index is 0.0747. The zero-order chi connectivity index (χ0) is 21.6. The third-order valence-corrected chi connectivity index (χ3v) is 5.80. The van der Waals surface area contributed by atoms with E-state index in [-0.39, 0.29) is 17.6 Å². The highest BCUT2D eigenvalue weighted by Crippen LogP contribution is 2.23. The monoisotopic (exact) mass is 426 g/mol. The standard InChI is InChI=1S/C26H22N2O2S/c1-18-9-11-20(12-10-18)26(30)28-22-7-4-8-24(16-22)31-17-25(29)27-23-14-13-19-5-2-3-6-21(19)15-23/h2-16H,17H2,1H3,(H,27,29)(H,28,30). The highest BCUT2D eigenvalue weighted by Gasteiger charge is 2.08. The third-order valence-electron chi connectivity index (χ3n) is 4.81. The highest BCUT2D eigenvalue weighted by atomic mass is 32.2. The molecular formula is C26H22N2O2S. The number of hydrogen-bond donors (Lipinski definition) is 2. The first-order chi connectivity index (χ1) is 15.1. The van der Waals surface area contributed by atoms with Gasteiger partial charge in [0, 0.05) is 21.8 Å². The van der Waals surface area contributed by atoms with Crippen LogP contribution in [0.3, 0.4) is 0 Å². The van der Waals surface area contributed by atoms with Crippen molar-refractivity contribution in [2.45, 2.75) is 11.8 Å². The number of carbonyl (C=O) groups excluding carboxylic acids is 2. The Morgan fingerprint density at radius 2 is 1.48 bits per heavy atom. The van der Waals surface area contributed by atoms with Gasteiger partial charge in [0.2, 0.25) is 5.91 Å². The van der Waals surface area contributed by atoms with Gasteiger partial charge >= 0.3 is 0 Å². The molecule has 0 bridgehead atoms. The Bertz CT molecular complexity index is 1240. The van der Waals surface area contributed by atoms with Crippen molar-refractivity contribution in [2.75, 3.05) is 16.4 Å². The van der Waals surface area contributed by atoms with Crippen LogP contribution in [0.5, 0.6) is 0 Å². The molecule has 0 aliphatic carbocycles. The number of carbonyl (C=O) groups is 2. The lowest BCUT2D eigenvalue weighted by Gasteiger charge is -2.09. The van der Waals surface area contributed by atoms with E-state index in [9.17, 15) is 9.59 Å². The van der Waals surface area contributed by atoms with E-state index in [1.165, 1.54) is 11.8 Å². The SMILES string of the molecule is Cc1ccc(C(=O)Nc2cccc(SCC(=O)Nc3ccc4ccccc4c3)c2)cc1. The van der Waals surface area contributed by atoms with E-state index < -0.39 is 0 Å². The molecule has 4 nitrogen and oxygen atoms in total. The largest absolute Gasteiger partial charge is 0.325 e. The number of nitrogens with one attached hydrogen (secondary N) is 2. The summed E-state index contributed by atoms with van der Waals surface area (Å²) < 4.78 is 0. The summed E-state index contributed by atoms with van der Waals surface area (Å²) in [6, 6.07) is 28.9. The van der Waals surface area contributed by atoms with E-state index in [2.05, 4.69) is 10.6 Å². The average Bonchev–Trinajstić information content (AvgIpc) is 2.78. The molecule has 2 N–H and O–H groups in total. The quantitative estimate of drug-likeness (QED) is 0.365. The number of aryl methyl sites for hydroxylation is 1. The fourth-order valence-electron chi connectivity index (χ4n) is 3.18. The maximum Gasteiger partial charge on any atom is 0.255 e. The minimum atomic E-state index is -0.156. The second-order valence-electron chi connectivity index (χ2n) is 7.25. The van der Waals surface area contributed by atoms with Crippen molar-refractivity contribution in [2.24, 2.45) is 0 Å². The minimum Gasteiger partial charge on any atom is -0.325 e. The molecule has 0 atom stereocenters. The first-order valence-corrected chi connectivity index (χ1v) is 10.9. The Labute approximate surface area is 185 Å². The Morgan fingerprint density at radius 1 is 0.742 bits per heavy atom. The van der Waals surface area contributed by atoms with Crippen molar-refractivity contribution < 1.29 is 9.59 Å². The summed E-state index contributed by atoms with van der Waals surface area (Å²) in [6.07, 6.45) is 0. The van der Waals surface area contributed by atoms with Crippen molar-refractivity contribution in [3.63, 3.8) is 0 Å². The van der Waals surface area contributed by atoms with Crippen LogP contribution < -0.4 is 10.6 Å². The number of anilines is 2. The molecule has 0 aliphatic rings. The van der Waals surface area contributed by atoms with E-state index in [1.54, 1.807) is 12.1 Å². The van der Waals surface area contributed by atoms with Crippen LogP contribution in [0.25, 0.3) is 10.8 Å². The fourth-order valence-corrected chi connectivity index (χ4v) is 3.94. The van der Waals surface area contributed by atoms with Crippen LogP contribution >= 0.6 is 11.8 Å². The Kier molecular flexibility index (Phi) is 6.34. The third kappa shape index (κ3) is 5.53. The topological polar surface area (TPSA) is 58.2 Å². The number of thioether (sulfide) groups is 1. The lowest BCUT2D eigenvalue weighted by Crippen LogP contribution is -2.14. The van der Waals surface area contributed by atoms with Crippen LogP contribution in [0.1, 0.15) is 15.9 Å². The van der Waals surface area contributed by atoms with Gasteiger partial charge in [0.25, 0.3) is 5.91 Å². The molecular weight excluding hydrogens is 404 g/mol. The molecule has 2 amide bonds. The van der Waals surface area contributed by atoms with Crippen molar-refractivity contribution in [3.8, 4) is 0 Å². The highest BCUT2D eigenvalue weighted by molar-refractivity contribution is 8.00. The number of benzene rings is 4. The summed E-state index contributed by atoms with van der Waals surface area (Å²) in [4.78, 5) is 25.7. The summed E-state index contributed by atoms with van der Waals surface area (Å²) in [5.74, 6) is 0.0490. The smallest absolute Gasteiger partial charge is 0.255 e. The summed E-state index contributed by atoms with van der Waals surface area (Å²) in [5, 5.41) is 8.08. The summed E-state index contributed by atoms with van der Waals surface area (Å²) in [7, 11) is 0. The molecule has 0 saturated heterocycles. The maximum atomic E-state index is 12.4. The predicted octanol–water partition coefficient (Wildman–Crippen LogP) is 6.13. The second kappa shape index (κ2) is 9.49. The first kappa shape index (κ1) is 20.7. The number of fused-ring (bicyclic) bond motifs is 1. The zero-order valence-electron chi connectivity index (χ0n) is 17.1. The van der Waals surface area contributed by atoms with Gasteiger partial charge in [-0.3, -0.25) is 9.59 Å². The molecule has 31 heavy (non-hydrogen) atoms. The van der Waals surface area contributed by atoms with Crippen LogP contribution in [-0.4, -0.2) is 17.6 Å². The number of amides is 2. The van der Waals surface area contributed by atoms with Crippen molar-refractivity contribution in [1.82, 2.24) is 0 Å². The van der Waals surface area contributed by atoms with Crippen molar-refractivity contribution in [1.29, 1.82) is 0 Å². The molecule has 0 heterocycles. The molecule has 0 aromatic heterocycles. The second-order valence-corrected chi connectivity index (χ2v) is 8.30. The summed E-state index contributed by atoms with van der Waals surface area (Å²) in [5.41, 5.74) is 3.20. The molecule has 4 rings (SSSR count). The van der Waals surface area contributed by atoms with Crippen molar-refractivity contribution in [3.05, 3.63) is 102 Å². The number of hydrogen-bond acceptors (Lipinski definition) is 3. The van der Waals surface area contributed by atoms with E-state index in [4.69, 9.17) is 0 Å². The summed E-state index contributed by atoms with van der Waals surface area (Å²) in [6.45, 7) is 1.98. The van der Waals surface area contributed by atoms with Gasteiger partial charge in [0.1, 0.15) is 0 Å². The van der Waals surface area contributed by atoms with Gasteiger partial charge < -0.3 is 10.6 Å². The normalized spacial score (nSPS) is 10.6. The lowest BCUT2D eigenvalue weighted by molar-refractivity contribution is -0.113. The van der Waals surface area contributed by atoms with E-state index in [0.29, 0.717) is 11.3 Å². The fraction of sp³-hybridized carbons (Fsp3) is 0.0769. The van der Waals surface area contributed by atoms with Crippen LogP contribution in [0.4, 0.5) is 11.4 Å². The van der Waals surface area contributed by atoms with Gasteiger partial charge in [-0.25, -0.2) is 0 Å². The van der Waals surface area contributed by atoms with Crippen LogP contribution in [0, 0.1) is 6.92 Å². The molecule has 0 radical (unpaired) electrons. The van der Waals surface area contributed by atoms with Gasteiger partial charge in [-0.15, -0.1) is 11.8 Å². The molecule has 4 aromatic rings. The van der Waals surface area contributed by atoms with E-state index in [1.807, 2.05) is 85.8 Å². The Balaban J connectivity index is 1.34. The van der Waals surface area contributed by atoms with E-state index >= 15 is 0 Å². The van der Waals surface area contributed by atoms with Crippen LogP contribution in [0.15, 0.2) is 95.9 Å². The molecule has 0 spiro atoms. The average molecular weight is 427 g/mol. The predicted molar refractivity (Wildman–Crippen MR) is 129 cm³/mol. The zero-order valence-corrected chi connectivity index (χ0v) is 17.9. The van der Waals surface area contributed by atoms with Crippen LogP contribution in [-0.2, 0) is 4.79 Å². The molecule has 0 aliphatic heterocycles. The first-order valence-electron chi connectivity index (χ1n) is 9.96. The number of rotatable bonds is 6. The molecule has 5 heteroatoms. The summed E-state index contributed by atoms with van der Waals surface area (Å²) >= 11 is 1.43. The molecule has 4 aromatic carbocycles.